The molecule has 0 bridgehead atoms. The molecule has 0 aliphatic heterocycles. The molecule has 0 spiro atoms. The van der Waals surface area contributed by atoms with E-state index in [9.17, 15) is 9.90 Å². The van der Waals surface area contributed by atoms with Crippen molar-refractivity contribution in [1.29, 1.82) is 0 Å². The molecule has 0 saturated carbocycles. The zero-order chi connectivity index (χ0) is 14.5. The molecule has 0 fully saturated rings. The van der Waals surface area contributed by atoms with Gasteiger partial charge in [0.1, 0.15) is 5.75 Å². The first-order valence-electron chi connectivity index (χ1n) is 6.91. The van der Waals surface area contributed by atoms with Gasteiger partial charge in [0, 0.05) is 29.1 Å². The number of ketones is 1. The van der Waals surface area contributed by atoms with E-state index < -0.39 is 0 Å². The molecule has 3 rings (SSSR count). The van der Waals surface area contributed by atoms with Gasteiger partial charge in [-0.3, -0.25) is 4.79 Å². The highest BCUT2D eigenvalue weighted by Crippen LogP contribution is 2.37. The quantitative estimate of drug-likeness (QED) is 0.858. The first kappa shape index (κ1) is 13.0. The molecule has 20 heavy (non-hydrogen) atoms. The molecule has 104 valence electrons. The van der Waals surface area contributed by atoms with Gasteiger partial charge in [-0.05, 0) is 49.1 Å². The van der Waals surface area contributed by atoms with Crippen molar-refractivity contribution in [3.8, 4) is 11.4 Å². The number of aromatic nitrogens is 1. The predicted molar refractivity (Wildman–Crippen MR) is 78.6 cm³/mol. The molecule has 1 heterocycles. The van der Waals surface area contributed by atoms with Crippen molar-refractivity contribution in [2.24, 2.45) is 5.41 Å². The molecule has 0 radical (unpaired) electrons. The highest BCUT2D eigenvalue weighted by atomic mass is 16.3. The third kappa shape index (κ3) is 2.03. The van der Waals surface area contributed by atoms with E-state index in [1.807, 2.05) is 25.1 Å². The van der Waals surface area contributed by atoms with Gasteiger partial charge in [-0.25, -0.2) is 0 Å². The van der Waals surface area contributed by atoms with E-state index in [0.29, 0.717) is 6.42 Å². The summed E-state index contributed by atoms with van der Waals surface area (Å²) in [6, 6.07) is 9.11. The Balaban J connectivity index is 2.18. The Morgan fingerprint density at radius 2 is 1.80 bits per heavy atom. The van der Waals surface area contributed by atoms with Crippen LogP contribution in [0.1, 0.15) is 42.0 Å². The van der Waals surface area contributed by atoms with Crippen molar-refractivity contribution in [3.05, 3.63) is 47.3 Å². The standard InChI is InChI=1S/C17H19NO2/c1-11-8-14-15(9-17(2,3)10-16(14)20)18(11)12-4-6-13(19)7-5-12/h4-8,19H,9-10H2,1-3H3. The normalized spacial score (nSPS) is 17.1. The van der Waals surface area contributed by atoms with Crippen molar-refractivity contribution in [2.75, 3.05) is 0 Å². The number of hydrogen-bond donors (Lipinski definition) is 1. The van der Waals surface area contributed by atoms with Crippen molar-refractivity contribution in [2.45, 2.75) is 33.6 Å². The van der Waals surface area contributed by atoms with Gasteiger partial charge in [-0.1, -0.05) is 13.8 Å². The first-order valence-corrected chi connectivity index (χ1v) is 6.91. The number of hydrogen-bond acceptors (Lipinski definition) is 2. The fraction of sp³-hybridized carbons (Fsp3) is 0.353. The minimum absolute atomic E-state index is 0.00352. The number of aryl methyl sites for hydroxylation is 1. The maximum atomic E-state index is 12.3. The van der Waals surface area contributed by atoms with Crippen LogP contribution in [0.25, 0.3) is 5.69 Å². The Hall–Kier alpha value is -2.03. The largest absolute Gasteiger partial charge is 0.508 e. The first-order chi connectivity index (χ1) is 9.37. The summed E-state index contributed by atoms with van der Waals surface area (Å²) in [5.41, 5.74) is 4.01. The summed E-state index contributed by atoms with van der Waals surface area (Å²) in [5.74, 6) is 0.487. The van der Waals surface area contributed by atoms with Gasteiger partial charge in [0.2, 0.25) is 0 Å². The second kappa shape index (κ2) is 4.23. The number of phenolic OH excluding ortho intramolecular Hbond substituents is 1. The van der Waals surface area contributed by atoms with Gasteiger partial charge >= 0.3 is 0 Å². The van der Waals surface area contributed by atoms with E-state index in [4.69, 9.17) is 0 Å². The monoisotopic (exact) mass is 269 g/mol. The third-order valence-corrected chi connectivity index (χ3v) is 3.98. The molecular weight excluding hydrogens is 250 g/mol. The number of carbonyl (C=O) groups excluding carboxylic acids is 1. The average molecular weight is 269 g/mol. The molecule has 1 aliphatic carbocycles. The van der Waals surface area contributed by atoms with Crippen LogP contribution in [-0.4, -0.2) is 15.5 Å². The topological polar surface area (TPSA) is 42.2 Å². The van der Waals surface area contributed by atoms with Crippen molar-refractivity contribution >= 4 is 5.78 Å². The molecule has 3 heteroatoms. The van der Waals surface area contributed by atoms with E-state index in [0.717, 1.165) is 29.1 Å². The lowest BCUT2D eigenvalue weighted by atomic mass is 9.76. The number of nitrogens with zero attached hydrogens (tertiary/aromatic N) is 1. The van der Waals surface area contributed by atoms with Crippen LogP contribution in [0.15, 0.2) is 30.3 Å². The number of rotatable bonds is 1. The van der Waals surface area contributed by atoms with Gasteiger partial charge in [0.05, 0.1) is 0 Å². The van der Waals surface area contributed by atoms with E-state index >= 15 is 0 Å². The predicted octanol–water partition coefficient (Wildman–Crippen LogP) is 3.65. The molecular formula is C17H19NO2. The second-order valence-electron chi connectivity index (χ2n) is 6.44. The highest BCUT2D eigenvalue weighted by molar-refractivity contribution is 5.99. The zero-order valence-corrected chi connectivity index (χ0v) is 12.1. The Morgan fingerprint density at radius 1 is 1.15 bits per heavy atom. The third-order valence-electron chi connectivity index (χ3n) is 3.98. The van der Waals surface area contributed by atoms with Crippen LogP contribution in [0.4, 0.5) is 0 Å². The molecule has 0 amide bonds. The number of Topliss-reactive ketones (excluding diaryl/α,β-unsaturated/α-hetero) is 1. The highest BCUT2D eigenvalue weighted by Gasteiger charge is 2.34. The molecule has 1 aromatic heterocycles. The van der Waals surface area contributed by atoms with Crippen molar-refractivity contribution < 1.29 is 9.90 Å². The zero-order valence-electron chi connectivity index (χ0n) is 12.1. The Kier molecular flexibility index (Phi) is 2.75. The fourth-order valence-electron chi connectivity index (χ4n) is 3.11. The van der Waals surface area contributed by atoms with E-state index in [1.54, 1.807) is 12.1 Å². The lowest BCUT2D eigenvalue weighted by Crippen LogP contribution is -2.27. The summed E-state index contributed by atoms with van der Waals surface area (Å²) in [6.45, 7) is 6.29. The average Bonchev–Trinajstić information content (AvgIpc) is 2.66. The Labute approximate surface area is 118 Å². The minimum Gasteiger partial charge on any atom is -0.508 e. The summed E-state index contributed by atoms with van der Waals surface area (Å²) < 4.78 is 2.13. The maximum Gasteiger partial charge on any atom is 0.165 e. The number of carbonyl (C=O) groups is 1. The van der Waals surface area contributed by atoms with Crippen LogP contribution >= 0.6 is 0 Å². The van der Waals surface area contributed by atoms with Gasteiger partial charge < -0.3 is 9.67 Å². The summed E-state index contributed by atoms with van der Waals surface area (Å²) >= 11 is 0. The number of benzene rings is 1. The van der Waals surface area contributed by atoms with Crippen molar-refractivity contribution in [1.82, 2.24) is 4.57 Å². The maximum absolute atomic E-state index is 12.3. The number of fused-ring (bicyclic) bond motifs is 1. The summed E-state index contributed by atoms with van der Waals surface area (Å²) in [5, 5.41) is 9.42. The fourth-order valence-corrected chi connectivity index (χ4v) is 3.11. The number of aromatic hydroxyl groups is 1. The lowest BCUT2D eigenvalue weighted by molar-refractivity contribution is 0.0911. The van der Waals surface area contributed by atoms with Crippen LogP contribution < -0.4 is 0 Å². The molecule has 2 aromatic rings. The van der Waals surface area contributed by atoms with Crippen LogP contribution in [0, 0.1) is 12.3 Å². The SMILES string of the molecule is Cc1cc2c(n1-c1ccc(O)cc1)CC(C)(C)CC2=O. The number of phenols is 1. The van der Waals surface area contributed by atoms with E-state index in [-0.39, 0.29) is 16.9 Å². The van der Waals surface area contributed by atoms with E-state index in [2.05, 4.69) is 18.4 Å². The van der Waals surface area contributed by atoms with Crippen LogP contribution in [0.3, 0.4) is 0 Å². The molecule has 1 aromatic carbocycles. The molecule has 0 unspecified atom stereocenters. The molecule has 1 N–H and O–H groups in total. The lowest BCUT2D eigenvalue weighted by Gasteiger charge is -2.29. The van der Waals surface area contributed by atoms with Gasteiger partial charge in [0.15, 0.2) is 5.78 Å². The summed E-state index contributed by atoms with van der Waals surface area (Å²) in [4.78, 5) is 12.3. The molecule has 3 nitrogen and oxygen atoms in total. The van der Waals surface area contributed by atoms with Crippen molar-refractivity contribution in [3.63, 3.8) is 0 Å². The van der Waals surface area contributed by atoms with Crippen LogP contribution in [0.2, 0.25) is 0 Å². The Morgan fingerprint density at radius 3 is 2.45 bits per heavy atom. The van der Waals surface area contributed by atoms with E-state index in [1.165, 1.54) is 0 Å². The minimum atomic E-state index is 0.00352. The second-order valence-corrected chi connectivity index (χ2v) is 6.44. The Bertz CT molecular complexity index is 678. The van der Waals surface area contributed by atoms with Gasteiger partial charge in [0.25, 0.3) is 0 Å². The molecule has 0 saturated heterocycles. The molecule has 1 aliphatic rings. The van der Waals surface area contributed by atoms with Crippen LogP contribution in [0.5, 0.6) is 5.75 Å². The van der Waals surface area contributed by atoms with Gasteiger partial charge in [-0.2, -0.15) is 0 Å². The van der Waals surface area contributed by atoms with Crippen LogP contribution in [-0.2, 0) is 6.42 Å². The summed E-state index contributed by atoms with van der Waals surface area (Å²) in [7, 11) is 0. The smallest absolute Gasteiger partial charge is 0.165 e. The molecule has 0 atom stereocenters. The van der Waals surface area contributed by atoms with Gasteiger partial charge in [-0.15, -0.1) is 0 Å². The summed E-state index contributed by atoms with van der Waals surface area (Å²) in [6.07, 6.45) is 1.50.